The summed E-state index contributed by atoms with van der Waals surface area (Å²) >= 11 is 1.53. The zero-order chi connectivity index (χ0) is 12.3. The maximum absolute atomic E-state index is 10.9. The van der Waals surface area contributed by atoms with Gasteiger partial charge >= 0.3 is 0 Å². The first-order valence-electron chi connectivity index (χ1n) is 5.84. The molecule has 1 amide bonds. The molecule has 1 saturated heterocycles. The third-order valence-corrected chi connectivity index (χ3v) is 3.86. The number of nitrogens with two attached hydrogens (primary N) is 2. The summed E-state index contributed by atoms with van der Waals surface area (Å²) in [6.45, 7) is 2.90. The van der Waals surface area contributed by atoms with Crippen molar-refractivity contribution in [1.82, 2.24) is 9.88 Å². The Kier molecular flexibility index (Phi) is 5.84. The van der Waals surface area contributed by atoms with Crippen LogP contribution in [0.4, 0.5) is 5.13 Å². The maximum atomic E-state index is 10.9. The average Bonchev–Trinajstić information content (AvgIpc) is 2.63. The van der Waals surface area contributed by atoms with Crippen LogP contribution in [0.1, 0.15) is 24.1 Å². The van der Waals surface area contributed by atoms with E-state index >= 15 is 0 Å². The van der Waals surface area contributed by atoms with Gasteiger partial charge in [0.25, 0.3) is 0 Å². The van der Waals surface area contributed by atoms with Crippen molar-refractivity contribution >= 4 is 34.8 Å². The molecule has 1 atom stereocenters. The van der Waals surface area contributed by atoms with E-state index in [1.807, 2.05) is 6.20 Å². The SMILES string of the molecule is Cl.NC(=O)CC1CCCN(Cc2cnc(N)s2)C1. The molecule has 1 aromatic rings. The van der Waals surface area contributed by atoms with E-state index in [1.165, 1.54) is 16.2 Å². The molecule has 0 radical (unpaired) electrons. The zero-order valence-electron chi connectivity index (χ0n) is 10.2. The standard InChI is InChI=1S/C11H18N4OS.ClH/c12-10(16)4-8-2-1-3-15(6-8)7-9-5-14-11(13)17-9;/h5,8H,1-4,6-7H2,(H2,12,16)(H2,13,14);1H. The second-order valence-corrected chi connectivity index (χ2v) is 5.73. The van der Waals surface area contributed by atoms with Crippen LogP contribution in [0.3, 0.4) is 0 Å². The Morgan fingerprint density at radius 2 is 2.39 bits per heavy atom. The second-order valence-electron chi connectivity index (χ2n) is 4.58. The summed E-state index contributed by atoms with van der Waals surface area (Å²) in [7, 11) is 0. The Morgan fingerprint density at radius 3 is 3.00 bits per heavy atom. The Hall–Kier alpha value is -0.850. The number of carbonyl (C=O) groups excluding carboxylic acids is 1. The molecule has 4 N–H and O–H groups in total. The van der Waals surface area contributed by atoms with Gasteiger partial charge in [0.1, 0.15) is 0 Å². The Bertz CT molecular complexity index is 398. The Balaban J connectivity index is 0.00000162. The number of hydrogen-bond donors (Lipinski definition) is 2. The number of anilines is 1. The number of hydrogen-bond acceptors (Lipinski definition) is 5. The van der Waals surface area contributed by atoms with Crippen LogP contribution in [0.25, 0.3) is 0 Å². The molecule has 2 rings (SSSR count). The monoisotopic (exact) mass is 290 g/mol. The van der Waals surface area contributed by atoms with E-state index < -0.39 is 0 Å². The molecule has 18 heavy (non-hydrogen) atoms. The second kappa shape index (κ2) is 6.92. The van der Waals surface area contributed by atoms with Crippen molar-refractivity contribution in [2.45, 2.75) is 25.8 Å². The molecule has 0 aliphatic carbocycles. The molecule has 1 aromatic heterocycles. The van der Waals surface area contributed by atoms with Gasteiger partial charge in [0, 0.05) is 30.6 Å². The molecule has 0 aromatic carbocycles. The van der Waals surface area contributed by atoms with Gasteiger partial charge in [0.15, 0.2) is 5.13 Å². The van der Waals surface area contributed by atoms with Gasteiger partial charge in [-0.2, -0.15) is 0 Å². The summed E-state index contributed by atoms with van der Waals surface area (Å²) in [5.74, 6) is 0.213. The zero-order valence-corrected chi connectivity index (χ0v) is 11.8. The van der Waals surface area contributed by atoms with Crippen LogP contribution in [0.5, 0.6) is 0 Å². The van der Waals surface area contributed by atoms with Crippen LogP contribution >= 0.6 is 23.7 Å². The number of carbonyl (C=O) groups is 1. The molecule has 7 heteroatoms. The number of piperidine rings is 1. The fourth-order valence-electron chi connectivity index (χ4n) is 2.36. The van der Waals surface area contributed by atoms with E-state index in [0.29, 0.717) is 17.5 Å². The normalized spacial score (nSPS) is 20.3. The van der Waals surface area contributed by atoms with Crippen LogP contribution < -0.4 is 11.5 Å². The molecule has 5 nitrogen and oxygen atoms in total. The lowest BCUT2D eigenvalue weighted by molar-refractivity contribution is -0.119. The Morgan fingerprint density at radius 1 is 1.61 bits per heavy atom. The highest BCUT2D eigenvalue weighted by atomic mass is 35.5. The van der Waals surface area contributed by atoms with E-state index in [-0.39, 0.29) is 18.3 Å². The fourth-order valence-corrected chi connectivity index (χ4v) is 3.09. The van der Waals surface area contributed by atoms with Crippen molar-refractivity contribution in [3.8, 4) is 0 Å². The van der Waals surface area contributed by atoms with E-state index in [2.05, 4.69) is 9.88 Å². The number of primary amides is 1. The topological polar surface area (TPSA) is 85.2 Å². The van der Waals surface area contributed by atoms with Crippen molar-refractivity contribution in [1.29, 1.82) is 0 Å². The molecule has 0 bridgehead atoms. The van der Waals surface area contributed by atoms with Gasteiger partial charge in [-0.05, 0) is 25.3 Å². The molecular weight excluding hydrogens is 272 g/mol. The van der Waals surface area contributed by atoms with Gasteiger partial charge < -0.3 is 11.5 Å². The van der Waals surface area contributed by atoms with Crippen molar-refractivity contribution in [2.24, 2.45) is 11.7 Å². The van der Waals surface area contributed by atoms with Crippen LogP contribution in [0, 0.1) is 5.92 Å². The molecular formula is C11H19ClN4OS. The molecule has 0 spiro atoms. The number of thiazole rings is 1. The molecule has 2 heterocycles. The first-order chi connectivity index (χ1) is 8.13. The van der Waals surface area contributed by atoms with Gasteiger partial charge in [-0.25, -0.2) is 4.98 Å². The first-order valence-corrected chi connectivity index (χ1v) is 6.66. The van der Waals surface area contributed by atoms with Crippen LogP contribution in [-0.2, 0) is 11.3 Å². The molecule has 1 aliphatic heterocycles. The van der Waals surface area contributed by atoms with Gasteiger partial charge in [-0.1, -0.05) is 0 Å². The molecule has 1 fully saturated rings. The third-order valence-electron chi connectivity index (χ3n) is 3.04. The summed E-state index contributed by atoms with van der Waals surface area (Å²) in [5, 5.41) is 0.616. The van der Waals surface area contributed by atoms with Gasteiger partial charge in [0.05, 0.1) is 0 Å². The number of nitrogens with zero attached hydrogens (tertiary/aromatic N) is 2. The summed E-state index contributed by atoms with van der Waals surface area (Å²) in [4.78, 5) is 18.5. The smallest absolute Gasteiger partial charge is 0.217 e. The summed E-state index contributed by atoms with van der Waals surface area (Å²) in [6.07, 6.45) is 4.57. The van der Waals surface area contributed by atoms with Gasteiger partial charge in [-0.15, -0.1) is 23.7 Å². The average molecular weight is 291 g/mol. The maximum Gasteiger partial charge on any atom is 0.217 e. The van der Waals surface area contributed by atoms with E-state index in [9.17, 15) is 4.79 Å². The van der Waals surface area contributed by atoms with Crippen molar-refractivity contribution in [2.75, 3.05) is 18.8 Å². The minimum atomic E-state index is -0.195. The lowest BCUT2D eigenvalue weighted by Crippen LogP contribution is -2.36. The number of halogens is 1. The van der Waals surface area contributed by atoms with Gasteiger partial charge in [-0.3, -0.25) is 9.69 Å². The highest BCUT2D eigenvalue weighted by Gasteiger charge is 2.21. The highest BCUT2D eigenvalue weighted by Crippen LogP contribution is 2.23. The van der Waals surface area contributed by atoms with Crippen LogP contribution in [0.2, 0.25) is 0 Å². The van der Waals surface area contributed by atoms with E-state index in [0.717, 1.165) is 32.5 Å². The number of rotatable bonds is 4. The quantitative estimate of drug-likeness (QED) is 0.873. The van der Waals surface area contributed by atoms with Crippen molar-refractivity contribution in [3.63, 3.8) is 0 Å². The van der Waals surface area contributed by atoms with E-state index in [4.69, 9.17) is 11.5 Å². The first kappa shape index (κ1) is 15.2. The third kappa shape index (κ3) is 4.44. The molecule has 102 valence electrons. The summed E-state index contributed by atoms with van der Waals surface area (Å²) in [5.41, 5.74) is 10.8. The molecule has 1 unspecified atom stereocenters. The predicted octanol–water partition coefficient (Wildman–Crippen LogP) is 1.23. The largest absolute Gasteiger partial charge is 0.375 e. The fraction of sp³-hybridized carbons (Fsp3) is 0.636. The number of aromatic nitrogens is 1. The molecule has 1 aliphatic rings. The molecule has 0 saturated carbocycles. The van der Waals surface area contributed by atoms with Crippen molar-refractivity contribution < 1.29 is 4.79 Å². The summed E-state index contributed by atoms with van der Waals surface area (Å²) < 4.78 is 0. The minimum absolute atomic E-state index is 0. The van der Waals surface area contributed by atoms with Crippen LogP contribution in [-0.4, -0.2) is 28.9 Å². The number of amides is 1. The van der Waals surface area contributed by atoms with Crippen LogP contribution in [0.15, 0.2) is 6.20 Å². The van der Waals surface area contributed by atoms with Crippen molar-refractivity contribution in [3.05, 3.63) is 11.1 Å². The summed E-state index contributed by atoms with van der Waals surface area (Å²) in [6, 6.07) is 0. The Labute approximate surface area is 117 Å². The lowest BCUT2D eigenvalue weighted by atomic mass is 9.94. The number of likely N-dealkylation sites (tertiary alicyclic amines) is 1. The highest BCUT2D eigenvalue weighted by molar-refractivity contribution is 7.15. The van der Waals surface area contributed by atoms with Gasteiger partial charge in [0.2, 0.25) is 5.91 Å². The number of nitrogen functional groups attached to an aromatic ring is 1. The minimum Gasteiger partial charge on any atom is -0.375 e. The lowest BCUT2D eigenvalue weighted by Gasteiger charge is -2.31. The predicted molar refractivity (Wildman–Crippen MR) is 75.6 cm³/mol. The van der Waals surface area contributed by atoms with E-state index in [1.54, 1.807) is 0 Å².